The van der Waals surface area contributed by atoms with E-state index in [2.05, 4.69) is 20.2 Å². The first-order valence-corrected chi connectivity index (χ1v) is 3.69. The number of carboxylic acid groups (broad SMARTS) is 1. The molecular formula is C7H7N5O2. The van der Waals surface area contributed by atoms with Gasteiger partial charge in [-0.3, -0.25) is 5.10 Å². The molecule has 0 saturated carbocycles. The number of aromatic amines is 1. The van der Waals surface area contributed by atoms with Gasteiger partial charge in [0.05, 0.1) is 6.20 Å². The van der Waals surface area contributed by atoms with Crippen LogP contribution in [0.5, 0.6) is 0 Å². The number of H-pyrrole nitrogens is 1. The Balaban J connectivity index is 2.75. The van der Waals surface area contributed by atoms with Crippen molar-refractivity contribution < 1.29 is 9.90 Å². The van der Waals surface area contributed by atoms with Crippen molar-refractivity contribution in [3.05, 3.63) is 34.0 Å². The molecule has 7 heteroatoms. The lowest BCUT2D eigenvalue weighted by Gasteiger charge is -1.89. The highest BCUT2D eigenvalue weighted by atomic mass is 16.4. The number of rotatable bonds is 4. The number of aromatic carboxylic acids is 1. The molecule has 0 radical (unpaired) electrons. The molecule has 0 aliphatic rings. The van der Waals surface area contributed by atoms with Gasteiger partial charge in [0.1, 0.15) is 0 Å². The lowest BCUT2D eigenvalue weighted by atomic mass is 10.2. The summed E-state index contributed by atoms with van der Waals surface area (Å²) in [5.41, 5.74) is 8.44. The minimum Gasteiger partial charge on any atom is -0.477 e. The van der Waals surface area contributed by atoms with Gasteiger partial charge in [-0.05, 0) is 5.53 Å². The highest BCUT2D eigenvalue weighted by Crippen LogP contribution is 2.06. The Hall–Kier alpha value is -2.27. The van der Waals surface area contributed by atoms with Crippen LogP contribution in [0.1, 0.15) is 16.1 Å². The predicted molar refractivity (Wildman–Crippen MR) is 48.6 cm³/mol. The summed E-state index contributed by atoms with van der Waals surface area (Å²) >= 11 is 0. The van der Waals surface area contributed by atoms with Crippen LogP contribution < -0.4 is 0 Å². The van der Waals surface area contributed by atoms with Crippen LogP contribution in [-0.4, -0.2) is 27.8 Å². The summed E-state index contributed by atoms with van der Waals surface area (Å²) in [4.78, 5) is 13.1. The molecular weight excluding hydrogens is 186 g/mol. The third kappa shape index (κ3) is 2.36. The molecule has 14 heavy (non-hydrogen) atoms. The normalized spacial score (nSPS) is 10.0. The van der Waals surface area contributed by atoms with Crippen LogP contribution in [0.15, 0.2) is 17.4 Å². The van der Waals surface area contributed by atoms with Crippen LogP contribution in [0.4, 0.5) is 0 Å². The third-order valence-electron chi connectivity index (χ3n) is 1.43. The highest BCUT2D eigenvalue weighted by molar-refractivity contribution is 5.89. The lowest BCUT2D eigenvalue weighted by Crippen LogP contribution is -1.98. The van der Waals surface area contributed by atoms with E-state index in [1.54, 1.807) is 6.08 Å². The fourth-order valence-electron chi connectivity index (χ4n) is 0.856. The smallest absolute Gasteiger partial charge is 0.354 e. The van der Waals surface area contributed by atoms with Gasteiger partial charge < -0.3 is 5.11 Å². The number of hydrogen-bond donors (Lipinski definition) is 2. The molecule has 0 spiro atoms. The van der Waals surface area contributed by atoms with Crippen molar-refractivity contribution in [2.24, 2.45) is 5.11 Å². The molecule has 0 amide bonds. The number of azide groups is 1. The lowest BCUT2D eigenvalue weighted by molar-refractivity contribution is 0.0690. The zero-order valence-corrected chi connectivity index (χ0v) is 7.08. The third-order valence-corrected chi connectivity index (χ3v) is 1.43. The molecule has 1 aromatic heterocycles. The Morgan fingerprint density at radius 1 is 1.86 bits per heavy atom. The summed E-state index contributed by atoms with van der Waals surface area (Å²) < 4.78 is 0. The average Bonchev–Trinajstić information content (AvgIpc) is 2.60. The Morgan fingerprint density at radius 2 is 2.64 bits per heavy atom. The van der Waals surface area contributed by atoms with Gasteiger partial charge in [-0.2, -0.15) is 5.10 Å². The number of carbonyl (C=O) groups is 1. The number of nitrogens with zero attached hydrogens (tertiary/aromatic N) is 4. The average molecular weight is 193 g/mol. The van der Waals surface area contributed by atoms with E-state index in [1.807, 2.05) is 0 Å². The van der Waals surface area contributed by atoms with E-state index < -0.39 is 5.97 Å². The van der Waals surface area contributed by atoms with Crippen LogP contribution in [0.25, 0.3) is 16.5 Å². The summed E-state index contributed by atoms with van der Waals surface area (Å²) in [5, 5.41) is 17.9. The number of carboxylic acids is 1. The van der Waals surface area contributed by atoms with E-state index in [0.717, 1.165) is 0 Å². The number of hydrogen-bond acceptors (Lipinski definition) is 3. The second-order valence-electron chi connectivity index (χ2n) is 2.32. The first-order valence-electron chi connectivity index (χ1n) is 3.69. The van der Waals surface area contributed by atoms with E-state index in [1.165, 1.54) is 12.3 Å². The predicted octanol–water partition coefficient (Wildman–Crippen LogP) is 1.43. The maximum absolute atomic E-state index is 10.6. The fourth-order valence-corrected chi connectivity index (χ4v) is 0.856. The topological polar surface area (TPSA) is 115 Å². The molecule has 0 aromatic carbocycles. The molecule has 1 heterocycles. The van der Waals surface area contributed by atoms with E-state index in [-0.39, 0.29) is 12.2 Å². The molecule has 1 rings (SSSR count). The van der Waals surface area contributed by atoms with Gasteiger partial charge in [0.15, 0.2) is 5.69 Å². The summed E-state index contributed by atoms with van der Waals surface area (Å²) in [6, 6.07) is 0. The molecule has 2 N–H and O–H groups in total. The second kappa shape index (κ2) is 4.68. The molecule has 7 nitrogen and oxygen atoms in total. The van der Waals surface area contributed by atoms with Gasteiger partial charge in [0.2, 0.25) is 0 Å². The van der Waals surface area contributed by atoms with E-state index in [9.17, 15) is 4.79 Å². The largest absolute Gasteiger partial charge is 0.477 e. The minimum absolute atomic E-state index is 0.0159. The van der Waals surface area contributed by atoms with Crippen molar-refractivity contribution in [2.45, 2.75) is 0 Å². The second-order valence-corrected chi connectivity index (χ2v) is 2.32. The van der Waals surface area contributed by atoms with Crippen molar-refractivity contribution in [1.82, 2.24) is 10.2 Å². The molecule has 0 fully saturated rings. The fraction of sp³-hybridized carbons (Fsp3) is 0.143. The Kier molecular flexibility index (Phi) is 3.28. The van der Waals surface area contributed by atoms with Gasteiger partial charge in [0, 0.05) is 17.0 Å². The Morgan fingerprint density at radius 3 is 3.29 bits per heavy atom. The van der Waals surface area contributed by atoms with Crippen molar-refractivity contribution in [3.8, 4) is 0 Å². The van der Waals surface area contributed by atoms with Gasteiger partial charge in [-0.15, -0.1) is 0 Å². The molecule has 0 atom stereocenters. The number of nitrogens with one attached hydrogen (secondary N) is 1. The van der Waals surface area contributed by atoms with Crippen LogP contribution in [0.2, 0.25) is 0 Å². The molecule has 0 aliphatic heterocycles. The van der Waals surface area contributed by atoms with Crippen LogP contribution in [0.3, 0.4) is 0 Å². The van der Waals surface area contributed by atoms with Crippen molar-refractivity contribution in [1.29, 1.82) is 0 Å². The summed E-state index contributed by atoms with van der Waals surface area (Å²) in [6.45, 7) is 0.181. The van der Waals surface area contributed by atoms with Crippen molar-refractivity contribution >= 4 is 12.0 Å². The monoisotopic (exact) mass is 193 g/mol. The molecule has 0 aliphatic carbocycles. The van der Waals surface area contributed by atoms with Gasteiger partial charge in [-0.1, -0.05) is 17.3 Å². The van der Waals surface area contributed by atoms with Gasteiger partial charge in [-0.25, -0.2) is 4.79 Å². The summed E-state index contributed by atoms with van der Waals surface area (Å²) in [7, 11) is 0. The van der Waals surface area contributed by atoms with E-state index in [0.29, 0.717) is 5.56 Å². The van der Waals surface area contributed by atoms with Gasteiger partial charge in [0.25, 0.3) is 0 Å². The van der Waals surface area contributed by atoms with E-state index >= 15 is 0 Å². The maximum Gasteiger partial charge on any atom is 0.354 e. The van der Waals surface area contributed by atoms with Crippen LogP contribution in [-0.2, 0) is 0 Å². The van der Waals surface area contributed by atoms with Crippen LogP contribution >= 0.6 is 0 Å². The molecule has 0 unspecified atom stereocenters. The maximum atomic E-state index is 10.6. The number of aromatic nitrogens is 2. The zero-order chi connectivity index (χ0) is 10.4. The van der Waals surface area contributed by atoms with Crippen LogP contribution in [0, 0.1) is 0 Å². The summed E-state index contributed by atoms with van der Waals surface area (Å²) in [5.74, 6) is -1.08. The standard InChI is InChI=1S/C7H7N5O2/c8-12-9-3-1-2-5-4-10-11-6(5)7(13)14/h1-2,4H,3H2,(H,10,11)(H,13,14). The SMILES string of the molecule is [N-]=[N+]=NCC=Cc1cn[nH]c1C(=O)O. The van der Waals surface area contributed by atoms with E-state index in [4.69, 9.17) is 10.6 Å². The van der Waals surface area contributed by atoms with Gasteiger partial charge >= 0.3 is 5.97 Å². The molecule has 0 bridgehead atoms. The Bertz CT molecular complexity index is 402. The minimum atomic E-state index is -1.08. The first-order chi connectivity index (χ1) is 6.75. The molecule has 0 saturated heterocycles. The van der Waals surface area contributed by atoms with Crippen molar-refractivity contribution in [3.63, 3.8) is 0 Å². The summed E-state index contributed by atoms with van der Waals surface area (Å²) in [6.07, 6.45) is 4.47. The first kappa shape index (κ1) is 9.82. The highest BCUT2D eigenvalue weighted by Gasteiger charge is 2.08. The Labute approximate surface area is 78.7 Å². The zero-order valence-electron chi connectivity index (χ0n) is 7.08. The van der Waals surface area contributed by atoms with Crippen molar-refractivity contribution in [2.75, 3.05) is 6.54 Å². The molecule has 72 valence electrons. The quantitative estimate of drug-likeness (QED) is 0.428. The molecule has 1 aromatic rings.